The number of hydrogen-bond acceptors (Lipinski definition) is 12. The number of Topliss-reactive ketones (excluding diaryl/α,β-unsaturated/α-hetero) is 2. The number of ketones is 2. The average molecular weight is 562 g/mol. The fraction of sp³-hybridized carbons (Fsp3) is 0.462. The molecule has 8 N–H and O–H groups in total. The van der Waals surface area contributed by atoms with Crippen LogP contribution in [0.3, 0.4) is 0 Å². The van der Waals surface area contributed by atoms with Crippen LogP contribution in [-0.2, 0) is 19.2 Å². The summed E-state index contributed by atoms with van der Waals surface area (Å²) in [5.74, 6) is -8.98. The van der Waals surface area contributed by atoms with Gasteiger partial charge in [0.05, 0.1) is 35.9 Å². The molecule has 1 aromatic rings. The molecular weight excluding hydrogens is 530 g/mol. The molecule has 1 saturated carbocycles. The van der Waals surface area contributed by atoms with Crippen molar-refractivity contribution in [2.45, 2.75) is 37.5 Å². The van der Waals surface area contributed by atoms with Crippen LogP contribution in [0.1, 0.15) is 30.9 Å². The summed E-state index contributed by atoms with van der Waals surface area (Å²) in [5, 5.41) is 59.2. The van der Waals surface area contributed by atoms with Crippen molar-refractivity contribution in [3.8, 4) is 5.75 Å². The second kappa shape index (κ2) is 9.97. The summed E-state index contributed by atoms with van der Waals surface area (Å²) >= 11 is 1.09. The second-order valence-electron chi connectivity index (χ2n) is 10.1. The molecule has 210 valence electrons. The monoisotopic (exact) mass is 561 g/mol. The number of nitrogens with one attached hydrogen (secondary N) is 1. The Morgan fingerprint density at radius 2 is 1.82 bits per heavy atom. The summed E-state index contributed by atoms with van der Waals surface area (Å²) in [4.78, 5) is 52.5. The molecule has 0 spiro atoms. The molecule has 6 atom stereocenters. The van der Waals surface area contributed by atoms with Gasteiger partial charge in [-0.15, -0.1) is 0 Å². The van der Waals surface area contributed by atoms with Crippen LogP contribution >= 0.6 is 11.8 Å². The van der Waals surface area contributed by atoms with Gasteiger partial charge < -0.3 is 36.6 Å². The van der Waals surface area contributed by atoms with Crippen LogP contribution in [-0.4, -0.2) is 97.2 Å². The first-order valence-electron chi connectivity index (χ1n) is 12.3. The fourth-order valence-electron chi connectivity index (χ4n) is 6.14. The van der Waals surface area contributed by atoms with Crippen LogP contribution in [0.2, 0.25) is 0 Å². The predicted octanol–water partition coefficient (Wildman–Crippen LogP) is 0.187. The number of phenolic OH excluding ortho intramolecular Hbond substituents is 1. The summed E-state index contributed by atoms with van der Waals surface area (Å²) in [5.41, 5.74) is 1.22. The molecule has 0 aliphatic heterocycles. The Morgan fingerprint density at radius 3 is 2.38 bits per heavy atom. The number of nitrogens with zero attached hydrogens (tertiary/aromatic N) is 1. The average Bonchev–Trinajstić information content (AvgIpc) is 2.85. The lowest BCUT2D eigenvalue weighted by Crippen LogP contribution is -2.70. The summed E-state index contributed by atoms with van der Waals surface area (Å²) < 4.78 is 0. The van der Waals surface area contributed by atoms with Crippen molar-refractivity contribution in [2.24, 2.45) is 17.6 Å². The third-order valence-electron chi connectivity index (χ3n) is 7.86. The predicted molar refractivity (Wildman–Crippen MR) is 142 cm³/mol. The normalized spacial score (nSPS) is 30.2. The van der Waals surface area contributed by atoms with E-state index in [1.165, 1.54) is 25.1 Å². The lowest BCUT2D eigenvalue weighted by Gasteiger charge is -2.53. The maximum atomic E-state index is 14.0. The van der Waals surface area contributed by atoms with Gasteiger partial charge in [0, 0.05) is 11.5 Å². The van der Waals surface area contributed by atoms with E-state index in [1.807, 2.05) is 6.92 Å². The number of rotatable bonds is 6. The number of nitrogens with two attached hydrogens (primary N) is 1. The van der Waals surface area contributed by atoms with Gasteiger partial charge in [-0.25, -0.2) is 0 Å². The molecule has 12 nitrogen and oxygen atoms in total. The van der Waals surface area contributed by atoms with E-state index in [1.54, 1.807) is 13.0 Å². The SMILES string of the molecule is CCSC(=O)CNc1ccc2c(c1O)C(O)=C1C(=O)[C@]3(O)C(O)=C(C(N)=O)C(=O)[C@@H](N(C)C)[C@@H]3[C@@H](O)[C@@H]1[C@H]2C. The van der Waals surface area contributed by atoms with E-state index in [0.29, 0.717) is 11.3 Å². The molecule has 3 aliphatic carbocycles. The number of anilines is 1. The summed E-state index contributed by atoms with van der Waals surface area (Å²) in [6.45, 7) is 3.34. The Kier molecular flexibility index (Phi) is 7.32. The van der Waals surface area contributed by atoms with E-state index < -0.39 is 81.4 Å². The van der Waals surface area contributed by atoms with Crippen LogP contribution in [0.25, 0.3) is 5.76 Å². The van der Waals surface area contributed by atoms with E-state index in [4.69, 9.17) is 5.73 Å². The molecule has 1 aromatic carbocycles. The summed E-state index contributed by atoms with van der Waals surface area (Å²) in [6.07, 6.45) is -1.66. The van der Waals surface area contributed by atoms with Crippen molar-refractivity contribution in [1.82, 2.24) is 4.90 Å². The van der Waals surface area contributed by atoms with Crippen LogP contribution in [0, 0.1) is 11.8 Å². The van der Waals surface area contributed by atoms with Crippen molar-refractivity contribution < 1.29 is 44.7 Å². The number of aliphatic hydroxyl groups is 4. The topological polar surface area (TPSA) is 211 Å². The molecule has 0 radical (unpaired) electrons. The maximum absolute atomic E-state index is 14.0. The van der Waals surface area contributed by atoms with Crippen molar-refractivity contribution in [1.29, 1.82) is 0 Å². The van der Waals surface area contributed by atoms with Gasteiger partial charge in [0.25, 0.3) is 5.91 Å². The minimum Gasteiger partial charge on any atom is -0.508 e. The molecule has 0 unspecified atom stereocenters. The Morgan fingerprint density at radius 1 is 1.18 bits per heavy atom. The summed E-state index contributed by atoms with van der Waals surface area (Å²) in [6, 6.07) is 1.66. The number of thioether (sulfide) groups is 1. The lowest BCUT2D eigenvalue weighted by molar-refractivity contribution is -0.169. The van der Waals surface area contributed by atoms with E-state index >= 15 is 0 Å². The van der Waals surface area contributed by atoms with E-state index in [-0.39, 0.29) is 22.9 Å². The molecule has 0 bridgehead atoms. The number of phenols is 1. The molecule has 4 rings (SSSR count). The zero-order valence-electron chi connectivity index (χ0n) is 21.8. The molecular formula is C26H31N3O9S. The molecule has 0 heterocycles. The number of benzene rings is 1. The highest BCUT2D eigenvalue weighted by atomic mass is 32.2. The first-order chi connectivity index (χ1) is 18.2. The van der Waals surface area contributed by atoms with Crippen molar-refractivity contribution in [3.63, 3.8) is 0 Å². The number of carbonyl (C=O) groups excluding carboxylic acids is 4. The van der Waals surface area contributed by atoms with Gasteiger partial charge in [-0.1, -0.05) is 31.7 Å². The highest BCUT2D eigenvalue weighted by Crippen LogP contribution is 2.56. The standard InChI is InChI=1S/C26H31N3O9S/c1-5-39-12(30)8-28-11-7-6-10-9(2)13-15(20(32)14(10)19(11)31)23(35)26(38)17(21(13)33)18(29(3)4)22(34)16(24(26)36)25(27)37/h6-7,9,13,17-18,21,28,31-33,36,38H,5,8H2,1-4H3,(H2,27,37)/t9-,13+,17+,18-,21-,26-/m0/s1. The van der Waals surface area contributed by atoms with Gasteiger partial charge in [0.15, 0.2) is 11.4 Å². The molecule has 0 saturated heterocycles. The smallest absolute Gasteiger partial charge is 0.255 e. The van der Waals surface area contributed by atoms with Crippen LogP contribution < -0.4 is 11.1 Å². The minimum absolute atomic E-state index is 0.103. The number of primary amides is 1. The molecule has 3 aliphatic rings. The van der Waals surface area contributed by atoms with Gasteiger partial charge in [-0.05, 0) is 37.4 Å². The first-order valence-corrected chi connectivity index (χ1v) is 13.3. The van der Waals surface area contributed by atoms with E-state index in [0.717, 1.165) is 11.8 Å². The van der Waals surface area contributed by atoms with Crippen molar-refractivity contribution in [3.05, 3.63) is 40.2 Å². The highest BCUT2D eigenvalue weighted by molar-refractivity contribution is 8.13. The van der Waals surface area contributed by atoms with Gasteiger partial charge >= 0.3 is 0 Å². The Balaban J connectivity index is 1.92. The lowest BCUT2D eigenvalue weighted by atomic mass is 9.54. The number of carbonyl (C=O) groups is 4. The molecule has 13 heteroatoms. The highest BCUT2D eigenvalue weighted by Gasteiger charge is 2.68. The quantitative estimate of drug-likeness (QED) is 0.183. The Hall–Kier alpha value is -3.39. The number of likely N-dealkylation sites (N-methyl/N-ethyl adjacent to an activating group) is 1. The number of fused-ring (bicyclic) bond motifs is 3. The third kappa shape index (κ3) is 4.03. The van der Waals surface area contributed by atoms with Crippen LogP contribution in [0.4, 0.5) is 5.69 Å². The number of aliphatic hydroxyl groups excluding tert-OH is 3. The number of amides is 1. The zero-order valence-corrected chi connectivity index (χ0v) is 22.6. The number of hydrogen-bond donors (Lipinski definition) is 7. The first kappa shape index (κ1) is 28.6. The largest absolute Gasteiger partial charge is 0.508 e. The molecule has 39 heavy (non-hydrogen) atoms. The zero-order chi connectivity index (χ0) is 29.1. The molecule has 1 amide bonds. The van der Waals surface area contributed by atoms with Gasteiger partial charge in [0.2, 0.25) is 10.9 Å². The van der Waals surface area contributed by atoms with Gasteiger partial charge in [-0.3, -0.25) is 24.1 Å². The minimum atomic E-state index is -2.97. The number of aromatic hydroxyl groups is 1. The molecule has 1 fully saturated rings. The Bertz CT molecular complexity index is 1350. The third-order valence-corrected chi connectivity index (χ3v) is 8.61. The van der Waals surface area contributed by atoms with Crippen LogP contribution in [0.5, 0.6) is 5.75 Å². The van der Waals surface area contributed by atoms with Crippen molar-refractivity contribution in [2.75, 3.05) is 31.7 Å². The van der Waals surface area contributed by atoms with Crippen LogP contribution in [0.15, 0.2) is 29.0 Å². The molecule has 0 aromatic heterocycles. The van der Waals surface area contributed by atoms with Gasteiger partial charge in [0.1, 0.15) is 22.8 Å². The van der Waals surface area contributed by atoms with Crippen molar-refractivity contribution >= 4 is 45.8 Å². The van der Waals surface area contributed by atoms with E-state index in [9.17, 15) is 44.7 Å². The van der Waals surface area contributed by atoms with E-state index in [2.05, 4.69) is 5.32 Å². The second-order valence-corrected chi connectivity index (χ2v) is 11.5. The maximum Gasteiger partial charge on any atom is 0.255 e. The summed E-state index contributed by atoms with van der Waals surface area (Å²) in [7, 11) is 2.89. The van der Waals surface area contributed by atoms with Gasteiger partial charge in [-0.2, -0.15) is 0 Å². The Labute approximate surface area is 228 Å². The fourth-order valence-corrected chi connectivity index (χ4v) is 6.63.